The Morgan fingerprint density at radius 3 is 2.29 bits per heavy atom. The van der Waals surface area contributed by atoms with Crippen molar-refractivity contribution < 1.29 is 32.3 Å². The molecule has 0 saturated heterocycles. The van der Waals surface area contributed by atoms with Crippen LogP contribution in [0.2, 0.25) is 0 Å². The Kier molecular flexibility index (Phi) is 6.86. The van der Waals surface area contributed by atoms with Crippen LogP contribution in [0.15, 0.2) is 47.6 Å². The van der Waals surface area contributed by atoms with E-state index in [4.69, 9.17) is 14.3 Å². The number of amides is 1. The van der Waals surface area contributed by atoms with Crippen LogP contribution in [0.3, 0.4) is 0 Å². The van der Waals surface area contributed by atoms with Crippen molar-refractivity contribution in [3.05, 3.63) is 53.6 Å². The van der Waals surface area contributed by atoms with E-state index in [0.29, 0.717) is 17.1 Å². The minimum atomic E-state index is -4.43. The predicted molar refractivity (Wildman–Crippen MR) is 97.8 cm³/mol. The van der Waals surface area contributed by atoms with Gasteiger partial charge >= 0.3 is 6.18 Å². The number of rotatable bonds is 7. The maximum absolute atomic E-state index is 12.5. The van der Waals surface area contributed by atoms with Gasteiger partial charge in [0.25, 0.3) is 5.91 Å². The van der Waals surface area contributed by atoms with Gasteiger partial charge in [0.05, 0.1) is 26.0 Å². The molecule has 6 nitrogen and oxygen atoms in total. The highest BCUT2D eigenvalue weighted by atomic mass is 19.4. The van der Waals surface area contributed by atoms with Crippen molar-refractivity contribution in [1.82, 2.24) is 0 Å². The lowest BCUT2D eigenvalue weighted by atomic mass is 10.2. The molecule has 2 aromatic carbocycles. The molecule has 0 saturated carbocycles. The highest BCUT2D eigenvalue weighted by molar-refractivity contribution is 5.94. The highest BCUT2D eigenvalue weighted by Gasteiger charge is 2.30. The van der Waals surface area contributed by atoms with E-state index in [9.17, 15) is 18.0 Å². The van der Waals surface area contributed by atoms with Crippen LogP contribution >= 0.6 is 0 Å². The van der Waals surface area contributed by atoms with Gasteiger partial charge in [0.15, 0.2) is 11.5 Å². The molecule has 0 heterocycles. The normalized spacial score (nSPS) is 12.5. The lowest BCUT2D eigenvalue weighted by molar-refractivity contribution is -0.137. The van der Waals surface area contributed by atoms with E-state index in [0.717, 1.165) is 12.1 Å². The molecule has 0 aliphatic heterocycles. The van der Waals surface area contributed by atoms with Gasteiger partial charge in [0, 0.05) is 11.3 Å². The molecule has 28 heavy (non-hydrogen) atoms. The molecular weight excluding hydrogens is 377 g/mol. The second kappa shape index (κ2) is 9.12. The molecule has 9 heteroatoms. The maximum Gasteiger partial charge on any atom is 0.416 e. The van der Waals surface area contributed by atoms with E-state index in [-0.39, 0.29) is 5.69 Å². The zero-order valence-electron chi connectivity index (χ0n) is 15.4. The summed E-state index contributed by atoms with van der Waals surface area (Å²) in [6.45, 7) is 1.46. The van der Waals surface area contributed by atoms with Crippen LogP contribution < -0.4 is 14.8 Å². The van der Waals surface area contributed by atoms with Crippen LogP contribution in [0.5, 0.6) is 11.5 Å². The Labute approximate surface area is 159 Å². The van der Waals surface area contributed by atoms with Gasteiger partial charge < -0.3 is 19.6 Å². The SMILES string of the molecule is COc1ccc(/C=N\O[C@H](C)C(=O)Nc2ccc(C(F)(F)F)cc2)cc1OC. The van der Waals surface area contributed by atoms with Gasteiger partial charge in [-0.1, -0.05) is 5.16 Å². The number of methoxy groups -OCH3 is 2. The first-order valence-electron chi connectivity index (χ1n) is 8.14. The van der Waals surface area contributed by atoms with Crippen LogP contribution in [0.25, 0.3) is 0 Å². The van der Waals surface area contributed by atoms with Gasteiger partial charge in [0.1, 0.15) is 0 Å². The smallest absolute Gasteiger partial charge is 0.416 e. The lowest BCUT2D eigenvalue weighted by Crippen LogP contribution is -2.26. The van der Waals surface area contributed by atoms with Gasteiger partial charge in [-0.15, -0.1) is 0 Å². The Hall–Kier alpha value is -3.23. The van der Waals surface area contributed by atoms with Crippen molar-refractivity contribution in [1.29, 1.82) is 0 Å². The fraction of sp³-hybridized carbons (Fsp3) is 0.263. The number of benzene rings is 2. The molecule has 1 amide bonds. The largest absolute Gasteiger partial charge is 0.493 e. The van der Waals surface area contributed by atoms with Crippen molar-refractivity contribution in [3.63, 3.8) is 0 Å². The number of alkyl halides is 3. The van der Waals surface area contributed by atoms with E-state index in [2.05, 4.69) is 10.5 Å². The van der Waals surface area contributed by atoms with Crippen molar-refractivity contribution in [2.24, 2.45) is 5.16 Å². The first-order chi connectivity index (χ1) is 13.2. The topological polar surface area (TPSA) is 69.2 Å². The van der Waals surface area contributed by atoms with Gasteiger partial charge in [0.2, 0.25) is 6.10 Å². The number of oxime groups is 1. The molecule has 1 N–H and O–H groups in total. The Bertz CT molecular complexity index is 836. The Morgan fingerprint density at radius 2 is 1.71 bits per heavy atom. The molecule has 1 atom stereocenters. The highest BCUT2D eigenvalue weighted by Crippen LogP contribution is 2.30. The maximum atomic E-state index is 12.5. The third kappa shape index (κ3) is 5.63. The number of halogens is 3. The summed E-state index contributed by atoms with van der Waals surface area (Å²) in [6, 6.07) is 9.20. The number of anilines is 1. The number of hydrogen-bond donors (Lipinski definition) is 1. The average molecular weight is 396 g/mol. The zero-order chi connectivity index (χ0) is 20.7. The van der Waals surface area contributed by atoms with Crippen LogP contribution in [0.1, 0.15) is 18.1 Å². The molecule has 0 fully saturated rings. The molecule has 150 valence electrons. The summed E-state index contributed by atoms with van der Waals surface area (Å²) in [5.41, 5.74) is 0.0830. The third-order valence-electron chi connectivity index (χ3n) is 3.68. The summed E-state index contributed by atoms with van der Waals surface area (Å²) in [7, 11) is 3.02. The van der Waals surface area contributed by atoms with Crippen molar-refractivity contribution >= 4 is 17.8 Å². The monoisotopic (exact) mass is 396 g/mol. The van der Waals surface area contributed by atoms with Gasteiger partial charge in [-0.05, 0) is 49.4 Å². The van der Waals surface area contributed by atoms with Crippen LogP contribution in [0, 0.1) is 0 Å². The van der Waals surface area contributed by atoms with Crippen LogP contribution in [-0.4, -0.2) is 32.4 Å². The molecule has 2 aromatic rings. The van der Waals surface area contributed by atoms with E-state index in [1.807, 2.05) is 0 Å². The number of carbonyl (C=O) groups is 1. The molecule has 0 aliphatic rings. The molecule has 0 aromatic heterocycles. The predicted octanol–water partition coefficient (Wildman–Crippen LogP) is 4.10. The molecular formula is C19H19F3N2O4. The van der Waals surface area contributed by atoms with Crippen LogP contribution in [-0.2, 0) is 15.8 Å². The summed E-state index contributed by atoms with van der Waals surface area (Å²) >= 11 is 0. The standard InChI is InChI=1S/C19H19F3N2O4/c1-12(18(25)24-15-7-5-14(6-8-15)19(20,21)22)28-23-11-13-4-9-16(26-2)17(10-13)27-3/h4-12H,1-3H3,(H,24,25)/b23-11-/t12-/m1/s1. The Balaban J connectivity index is 1.92. The number of hydrogen-bond acceptors (Lipinski definition) is 5. The minimum Gasteiger partial charge on any atom is -0.493 e. The molecule has 0 aliphatic carbocycles. The summed E-state index contributed by atoms with van der Waals surface area (Å²) in [5, 5.41) is 6.21. The second-order valence-corrected chi connectivity index (χ2v) is 5.66. The molecule has 0 radical (unpaired) electrons. The minimum absolute atomic E-state index is 0.220. The summed E-state index contributed by atoms with van der Waals surface area (Å²) in [6.07, 6.45) is -4.00. The quantitative estimate of drug-likeness (QED) is 0.565. The van der Waals surface area contributed by atoms with E-state index in [1.165, 1.54) is 39.5 Å². The fourth-order valence-electron chi connectivity index (χ4n) is 2.15. The first-order valence-corrected chi connectivity index (χ1v) is 8.14. The third-order valence-corrected chi connectivity index (χ3v) is 3.68. The van der Waals surface area contributed by atoms with Gasteiger partial charge in [-0.3, -0.25) is 4.79 Å². The van der Waals surface area contributed by atoms with Crippen LogP contribution in [0.4, 0.5) is 18.9 Å². The van der Waals surface area contributed by atoms with E-state index < -0.39 is 23.8 Å². The van der Waals surface area contributed by atoms with E-state index >= 15 is 0 Å². The second-order valence-electron chi connectivity index (χ2n) is 5.66. The molecule has 0 bridgehead atoms. The zero-order valence-corrected chi connectivity index (χ0v) is 15.4. The molecule has 0 unspecified atom stereocenters. The number of ether oxygens (including phenoxy) is 2. The molecule has 0 spiro atoms. The van der Waals surface area contributed by atoms with Crippen molar-refractivity contribution in [2.45, 2.75) is 19.2 Å². The van der Waals surface area contributed by atoms with Crippen molar-refractivity contribution in [3.8, 4) is 11.5 Å². The molecule has 2 rings (SSSR count). The number of nitrogens with zero attached hydrogens (tertiary/aromatic N) is 1. The summed E-state index contributed by atoms with van der Waals surface area (Å²) in [4.78, 5) is 17.1. The number of carbonyl (C=O) groups excluding carboxylic acids is 1. The fourth-order valence-corrected chi connectivity index (χ4v) is 2.15. The van der Waals surface area contributed by atoms with Gasteiger partial charge in [-0.25, -0.2) is 0 Å². The first kappa shape index (κ1) is 21.1. The van der Waals surface area contributed by atoms with E-state index in [1.54, 1.807) is 18.2 Å². The number of nitrogens with one attached hydrogen (secondary N) is 1. The summed E-state index contributed by atoms with van der Waals surface area (Å²) in [5.74, 6) is 0.522. The van der Waals surface area contributed by atoms with Gasteiger partial charge in [-0.2, -0.15) is 13.2 Å². The lowest BCUT2D eigenvalue weighted by Gasteiger charge is -2.12. The Morgan fingerprint density at radius 1 is 1.07 bits per heavy atom. The van der Waals surface area contributed by atoms with Crippen molar-refractivity contribution in [2.75, 3.05) is 19.5 Å². The average Bonchev–Trinajstić information content (AvgIpc) is 2.67. The summed E-state index contributed by atoms with van der Waals surface area (Å²) < 4.78 is 47.9.